The van der Waals surface area contributed by atoms with Crippen LogP contribution in [-0.4, -0.2) is 50.4 Å². The van der Waals surface area contributed by atoms with E-state index < -0.39 is 12.4 Å². The Morgan fingerprint density at radius 3 is 2.25 bits per heavy atom. The van der Waals surface area contributed by atoms with Gasteiger partial charge in [-0.3, -0.25) is 0 Å². The SMILES string of the molecule is CCCCCCOc1ccc(-c2ccc(C(=O)O[C@H]3[C@H]4O[C@H]4[C@@H](OC)O[C@@H]3C)cc2)cc1. The van der Waals surface area contributed by atoms with Gasteiger partial charge in [0.05, 0.1) is 18.3 Å². The second-order valence-corrected chi connectivity index (χ2v) is 8.39. The fraction of sp³-hybridized carbons (Fsp3) is 0.500. The molecule has 0 aromatic heterocycles. The fourth-order valence-corrected chi connectivity index (χ4v) is 4.06. The molecule has 6 heteroatoms. The van der Waals surface area contributed by atoms with Crippen molar-refractivity contribution in [1.29, 1.82) is 0 Å². The quantitative estimate of drug-likeness (QED) is 0.294. The molecule has 0 unspecified atom stereocenters. The maximum Gasteiger partial charge on any atom is 0.338 e. The van der Waals surface area contributed by atoms with Crippen molar-refractivity contribution in [1.82, 2.24) is 0 Å². The Morgan fingerprint density at radius 1 is 0.906 bits per heavy atom. The smallest absolute Gasteiger partial charge is 0.338 e. The van der Waals surface area contributed by atoms with E-state index in [4.69, 9.17) is 23.7 Å². The molecule has 2 aliphatic heterocycles. The predicted octanol–water partition coefficient (Wildman–Crippen LogP) is 5.00. The average Bonchev–Trinajstić information content (AvgIpc) is 3.62. The van der Waals surface area contributed by atoms with Crippen molar-refractivity contribution in [3.63, 3.8) is 0 Å². The van der Waals surface area contributed by atoms with Gasteiger partial charge in [-0.25, -0.2) is 4.79 Å². The van der Waals surface area contributed by atoms with Crippen LogP contribution in [0.2, 0.25) is 0 Å². The standard InChI is InChI=1S/C26H32O6/c1-4-5-6-7-16-29-21-14-12-19(13-15-21)18-8-10-20(11-9-18)25(27)32-22-17(2)30-26(28-3)24-23(22)31-24/h8-15,17,22-24,26H,4-7,16H2,1-3H3/t17-,22-,23-,24-,26+/m1/s1. The normalized spacial score (nSPS) is 26.3. The Kier molecular flexibility index (Phi) is 7.45. The molecule has 6 nitrogen and oxygen atoms in total. The molecule has 32 heavy (non-hydrogen) atoms. The van der Waals surface area contributed by atoms with Gasteiger partial charge in [-0.05, 0) is 48.7 Å². The first-order valence-corrected chi connectivity index (χ1v) is 11.5. The van der Waals surface area contributed by atoms with Crippen LogP contribution >= 0.6 is 0 Å². The van der Waals surface area contributed by atoms with E-state index in [1.807, 2.05) is 43.3 Å². The Bertz CT molecular complexity index is 876. The van der Waals surface area contributed by atoms with Crippen LogP contribution in [0.4, 0.5) is 0 Å². The van der Waals surface area contributed by atoms with Gasteiger partial charge in [-0.15, -0.1) is 0 Å². The summed E-state index contributed by atoms with van der Waals surface area (Å²) in [6, 6.07) is 15.5. The van der Waals surface area contributed by atoms with E-state index >= 15 is 0 Å². The van der Waals surface area contributed by atoms with Crippen LogP contribution in [0.25, 0.3) is 11.1 Å². The number of carbonyl (C=O) groups is 1. The van der Waals surface area contributed by atoms with Gasteiger partial charge < -0.3 is 23.7 Å². The molecule has 2 heterocycles. The molecule has 2 fully saturated rings. The molecule has 4 rings (SSSR count). The van der Waals surface area contributed by atoms with Gasteiger partial charge in [0, 0.05) is 7.11 Å². The molecule has 0 aliphatic carbocycles. The number of ether oxygens (including phenoxy) is 5. The van der Waals surface area contributed by atoms with Gasteiger partial charge in [0.15, 0.2) is 12.4 Å². The highest BCUT2D eigenvalue weighted by atomic mass is 16.7. The van der Waals surface area contributed by atoms with Gasteiger partial charge in [-0.2, -0.15) is 0 Å². The molecule has 0 bridgehead atoms. The van der Waals surface area contributed by atoms with Crippen LogP contribution in [0, 0.1) is 0 Å². The predicted molar refractivity (Wildman–Crippen MR) is 121 cm³/mol. The van der Waals surface area contributed by atoms with Gasteiger partial charge in [0.2, 0.25) is 0 Å². The highest BCUT2D eigenvalue weighted by Crippen LogP contribution is 2.39. The third-order valence-electron chi connectivity index (χ3n) is 6.02. The second-order valence-electron chi connectivity index (χ2n) is 8.39. The van der Waals surface area contributed by atoms with Crippen LogP contribution in [0.5, 0.6) is 5.75 Å². The summed E-state index contributed by atoms with van der Waals surface area (Å²) < 4.78 is 28.1. The summed E-state index contributed by atoms with van der Waals surface area (Å²) in [5, 5.41) is 0. The number of epoxide rings is 1. The van der Waals surface area contributed by atoms with Crippen molar-refractivity contribution in [3.05, 3.63) is 54.1 Å². The van der Waals surface area contributed by atoms with Gasteiger partial charge in [0.25, 0.3) is 0 Å². The second kappa shape index (κ2) is 10.5. The van der Waals surface area contributed by atoms with Crippen molar-refractivity contribution in [2.75, 3.05) is 13.7 Å². The lowest BCUT2D eigenvalue weighted by molar-refractivity contribution is -0.194. The minimum Gasteiger partial charge on any atom is -0.494 e. The number of methoxy groups -OCH3 is 1. The Morgan fingerprint density at radius 2 is 1.59 bits per heavy atom. The van der Waals surface area contributed by atoms with Crippen LogP contribution in [0.3, 0.4) is 0 Å². The van der Waals surface area contributed by atoms with E-state index in [1.165, 1.54) is 19.3 Å². The van der Waals surface area contributed by atoms with Gasteiger partial charge in [0.1, 0.15) is 18.0 Å². The fourth-order valence-electron chi connectivity index (χ4n) is 4.06. The average molecular weight is 441 g/mol. The summed E-state index contributed by atoms with van der Waals surface area (Å²) in [4.78, 5) is 12.7. The number of carbonyl (C=O) groups excluding carboxylic acids is 1. The van der Waals surface area contributed by atoms with E-state index in [-0.39, 0.29) is 24.3 Å². The Balaban J connectivity index is 1.30. The summed E-state index contributed by atoms with van der Waals surface area (Å²) in [6.45, 7) is 4.82. The largest absolute Gasteiger partial charge is 0.494 e. The lowest BCUT2D eigenvalue weighted by Crippen LogP contribution is -2.46. The monoisotopic (exact) mass is 440 g/mol. The van der Waals surface area contributed by atoms with Gasteiger partial charge >= 0.3 is 5.97 Å². The summed E-state index contributed by atoms with van der Waals surface area (Å²) in [5.74, 6) is 0.500. The lowest BCUT2D eigenvalue weighted by atomic mass is 10.0. The van der Waals surface area contributed by atoms with Crippen LogP contribution in [-0.2, 0) is 18.9 Å². The summed E-state index contributed by atoms with van der Waals surface area (Å²) in [7, 11) is 1.58. The number of fused-ring (bicyclic) bond motifs is 1. The van der Waals surface area contributed by atoms with E-state index in [0.717, 1.165) is 29.9 Å². The first kappa shape index (κ1) is 22.8. The van der Waals surface area contributed by atoms with E-state index in [9.17, 15) is 4.79 Å². The highest BCUT2D eigenvalue weighted by molar-refractivity contribution is 5.90. The van der Waals surface area contributed by atoms with Crippen LogP contribution in [0.1, 0.15) is 49.9 Å². The number of esters is 1. The van der Waals surface area contributed by atoms with Crippen LogP contribution in [0.15, 0.2) is 48.5 Å². The maximum absolute atomic E-state index is 12.7. The molecule has 172 valence electrons. The first-order valence-electron chi connectivity index (χ1n) is 11.5. The first-order chi connectivity index (χ1) is 15.6. The summed E-state index contributed by atoms with van der Waals surface area (Å²) in [6.07, 6.45) is 3.30. The molecule has 5 atom stereocenters. The van der Waals surface area contributed by atoms with E-state index in [1.54, 1.807) is 19.2 Å². The maximum atomic E-state index is 12.7. The van der Waals surface area contributed by atoms with Crippen molar-refractivity contribution in [2.45, 2.75) is 70.2 Å². The number of unbranched alkanes of at least 4 members (excludes halogenated alkanes) is 3. The molecule has 0 saturated carbocycles. The Hall–Kier alpha value is -2.41. The zero-order valence-corrected chi connectivity index (χ0v) is 19.0. The molecule has 2 aromatic rings. The molecular weight excluding hydrogens is 408 g/mol. The molecule has 0 N–H and O–H groups in total. The topological polar surface area (TPSA) is 66.5 Å². The zero-order valence-electron chi connectivity index (χ0n) is 19.0. The van der Waals surface area contributed by atoms with E-state index in [2.05, 4.69) is 6.92 Å². The highest BCUT2D eigenvalue weighted by Gasteiger charge is 2.58. The molecular formula is C26H32O6. The molecule has 0 amide bonds. The van der Waals surface area contributed by atoms with Crippen molar-refractivity contribution in [3.8, 4) is 16.9 Å². The third-order valence-corrected chi connectivity index (χ3v) is 6.02. The number of hydrogen-bond donors (Lipinski definition) is 0. The lowest BCUT2D eigenvalue weighted by Gasteiger charge is -2.30. The van der Waals surface area contributed by atoms with Crippen molar-refractivity contribution < 1.29 is 28.5 Å². The summed E-state index contributed by atoms with van der Waals surface area (Å²) in [5.41, 5.74) is 2.59. The number of benzene rings is 2. The third kappa shape index (κ3) is 5.31. The Labute approximate surface area is 189 Å². The van der Waals surface area contributed by atoms with E-state index in [0.29, 0.717) is 5.56 Å². The number of hydrogen-bond acceptors (Lipinski definition) is 6. The van der Waals surface area contributed by atoms with Crippen LogP contribution < -0.4 is 4.74 Å². The van der Waals surface area contributed by atoms with Gasteiger partial charge in [-0.1, -0.05) is 50.5 Å². The summed E-state index contributed by atoms with van der Waals surface area (Å²) >= 11 is 0. The molecule has 0 spiro atoms. The number of rotatable bonds is 10. The molecule has 2 aromatic carbocycles. The minimum atomic E-state index is -0.437. The molecule has 0 radical (unpaired) electrons. The minimum absolute atomic E-state index is 0.167. The van der Waals surface area contributed by atoms with Crippen molar-refractivity contribution >= 4 is 5.97 Å². The molecule has 2 saturated heterocycles. The van der Waals surface area contributed by atoms with Crippen molar-refractivity contribution in [2.24, 2.45) is 0 Å². The zero-order chi connectivity index (χ0) is 22.5. The molecule has 2 aliphatic rings.